The van der Waals surface area contributed by atoms with Crippen molar-refractivity contribution in [3.05, 3.63) is 0 Å². The molecule has 0 aliphatic carbocycles. The first-order valence-corrected chi connectivity index (χ1v) is 12.0. The van der Waals surface area contributed by atoms with Crippen LogP contribution in [-0.2, 0) is 37.6 Å². The smallest absolute Gasteiger partial charge is 0.469 e. The summed E-state index contributed by atoms with van der Waals surface area (Å²) in [6.07, 6.45) is -15.9. The van der Waals surface area contributed by atoms with Crippen LogP contribution in [0.15, 0.2) is 0 Å². The average Bonchev–Trinajstić information content (AvgIpc) is 3.07. The molecule has 10 atom stereocenters. The number of esters is 1. The van der Waals surface area contributed by atoms with E-state index in [1.165, 1.54) is 0 Å². The van der Waals surface area contributed by atoms with E-state index in [1.807, 2.05) is 0 Å². The van der Waals surface area contributed by atoms with Crippen molar-refractivity contribution in [2.24, 2.45) is 5.73 Å². The number of carboxylic acid groups (broad SMARTS) is 1. The van der Waals surface area contributed by atoms with Crippen LogP contribution in [0.5, 0.6) is 0 Å². The Kier molecular flexibility index (Phi) is 10.7. The zero-order valence-electron chi connectivity index (χ0n) is 18.5. The van der Waals surface area contributed by atoms with Crippen LogP contribution in [0.3, 0.4) is 0 Å². The molecule has 2 saturated heterocycles. The highest BCUT2D eigenvalue weighted by molar-refractivity contribution is 7.46. The van der Waals surface area contributed by atoms with E-state index in [0.29, 0.717) is 0 Å². The predicted octanol–water partition coefficient (Wildman–Crippen LogP) is -5.54. The van der Waals surface area contributed by atoms with Gasteiger partial charge in [-0.15, -0.1) is 0 Å². The number of phosphoric acid groups is 1. The number of aliphatic hydroxyl groups is 6. The Hall–Kier alpha value is -1.35. The quantitative estimate of drug-likeness (QED) is 0.0798. The largest absolute Gasteiger partial charge is 0.480 e. The maximum Gasteiger partial charge on any atom is 0.469 e. The number of hydrogen-bond acceptors (Lipinski definition) is 15. The van der Waals surface area contributed by atoms with Crippen LogP contribution in [-0.4, -0.2) is 138 Å². The topological polar surface area (TPSA) is 305 Å². The van der Waals surface area contributed by atoms with Crippen molar-refractivity contribution in [3.63, 3.8) is 0 Å². The zero-order chi connectivity index (χ0) is 27.4. The third-order valence-corrected chi connectivity index (χ3v) is 5.95. The Labute approximate surface area is 202 Å². The van der Waals surface area contributed by atoms with Gasteiger partial charge in [-0.1, -0.05) is 0 Å². The van der Waals surface area contributed by atoms with Crippen LogP contribution in [0, 0.1) is 0 Å². The number of aliphatic hydroxyl groups excluding tert-OH is 6. The minimum absolute atomic E-state index is 0.402. The molecule has 2 heterocycles. The predicted molar refractivity (Wildman–Crippen MR) is 108 cm³/mol. The normalized spacial score (nSPS) is 38.0. The molecule has 2 aliphatic rings. The van der Waals surface area contributed by atoms with Crippen LogP contribution < -0.4 is 5.73 Å². The number of carboxylic acids is 1. The van der Waals surface area contributed by atoms with Crippen molar-refractivity contribution in [2.75, 3.05) is 19.8 Å². The first kappa shape index (κ1) is 30.9. The molecule has 2 rings (SSSR count). The van der Waals surface area contributed by atoms with Crippen molar-refractivity contribution in [2.45, 2.75) is 73.7 Å². The Morgan fingerprint density at radius 2 is 1.61 bits per heavy atom. The van der Waals surface area contributed by atoms with Crippen molar-refractivity contribution < 1.29 is 83.2 Å². The molecule has 0 bridgehead atoms. The Bertz CT molecular complexity index is 808. The summed E-state index contributed by atoms with van der Waals surface area (Å²) >= 11 is 0. The minimum atomic E-state index is -5.27. The molecule has 0 aromatic carbocycles. The fourth-order valence-electron chi connectivity index (χ4n) is 3.53. The maximum absolute atomic E-state index is 12.4. The number of carbonyl (C=O) groups is 2. The lowest BCUT2D eigenvalue weighted by Gasteiger charge is -2.43. The molecule has 0 saturated carbocycles. The number of nitrogens with two attached hydrogens (primary N) is 1. The number of rotatable bonds is 12. The van der Waals surface area contributed by atoms with E-state index < -0.39 is 113 Å². The highest BCUT2D eigenvalue weighted by atomic mass is 31.2. The summed E-state index contributed by atoms with van der Waals surface area (Å²) in [6.45, 7) is -3.11. The lowest BCUT2D eigenvalue weighted by molar-refractivity contribution is -0.382. The van der Waals surface area contributed by atoms with Gasteiger partial charge in [0.1, 0.15) is 49.3 Å². The van der Waals surface area contributed by atoms with E-state index in [-0.39, 0.29) is 0 Å². The SMILES string of the molecule is N[C@@H](CCC(=O)O[C@@H]1[C@@H](O)[C@H](CO)O[C@]1(COP(=O)(O)O)O[C@@H]1O[C@@H](CO)[C@H](O)[C@@H](O)[C@@H]1O)C(=O)O. The Morgan fingerprint density at radius 1 is 1.00 bits per heavy atom. The molecule has 0 radical (unpaired) electrons. The van der Waals surface area contributed by atoms with Gasteiger partial charge in [-0.2, -0.15) is 0 Å². The Balaban J connectivity index is 2.37. The second-order valence-electron chi connectivity index (χ2n) is 8.11. The van der Waals surface area contributed by atoms with Gasteiger partial charge in [-0.3, -0.25) is 14.1 Å². The highest BCUT2D eigenvalue weighted by Gasteiger charge is 2.61. The van der Waals surface area contributed by atoms with Gasteiger partial charge in [0.25, 0.3) is 0 Å². The number of ether oxygens (including phenoxy) is 4. The second-order valence-corrected chi connectivity index (χ2v) is 9.35. The van der Waals surface area contributed by atoms with Gasteiger partial charge in [0, 0.05) is 6.42 Å². The summed E-state index contributed by atoms with van der Waals surface area (Å²) in [5, 5.41) is 68.6. The second kappa shape index (κ2) is 12.5. The third-order valence-electron chi connectivity index (χ3n) is 5.49. The molecule has 0 spiro atoms. The maximum atomic E-state index is 12.4. The Morgan fingerprint density at radius 3 is 2.14 bits per heavy atom. The van der Waals surface area contributed by atoms with Crippen LogP contribution in [0.2, 0.25) is 0 Å². The van der Waals surface area contributed by atoms with Gasteiger partial charge in [0.2, 0.25) is 5.79 Å². The first-order valence-electron chi connectivity index (χ1n) is 10.5. The molecule has 11 N–H and O–H groups in total. The standard InChI is InChI=1S/C17H30NO17P/c18-6(15(26)27)1-2-9(21)33-14-11(23)8(4-20)34-17(14,5-31-36(28,29)30)35-16-13(25)12(24)10(22)7(3-19)32-16/h6-8,10-14,16,19-20,22-25H,1-5,18H2,(H,26,27)(H2,28,29,30)/t6-,7-,8-,10-,11-,12+,13-,14+,16-,17+/m0/s1. The van der Waals surface area contributed by atoms with E-state index in [9.17, 15) is 44.8 Å². The molecule has 0 aromatic heterocycles. The van der Waals surface area contributed by atoms with E-state index in [4.69, 9.17) is 39.6 Å². The van der Waals surface area contributed by atoms with Crippen LogP contribution >= 0.6 is 7.82 Å². The minimum Gasteiger partial charge on any atom is -0.480 e. The molecular weight excluding hydrogens is 521 g/mol. The fourth-order valence-corrected chi connectivity index (χ4v) is 3.88. The number of aliphatic carboxylic acids is 1. The van der Waals surface area contributed by atoms with Gasteiger partial charge in [-0.25, -0.2) is 4.57 Å². The molecule has 36 heavy (non-hydrogen) atoms. The molecule has 19 heteroatoms. The lowest BCUT2D eigenvalue weighted by atomic mass is 9.99. The number of phosphoric ester groups is 1. The zero-order valence-corrected chi connectivity index (χ0v) is 19.4. The third kappa shape index (κ3) is 7.36. The van der Waals surface area contributed by atoms with E-state index in [0.717, 1.165) is 0 Å². The van der Waals surface area contributed by atoms with Gasteiger partial charge < -0.3 is 70.2 Å². The molecule has 2 fully saturated rings. The lowest BCUT2D eigenvalue weighted by Crippen LogP contribution is -2.63. The summed E-state index contributed by atoms with van der Waals surface area (Å²) < 4.78 is 36.9. The monoisotopic (exact) mass is 551 g/mol. The molecule has 0 unspecified atom stereocenters. The van der Waals surface area contributed by atoms with Gasteiger partial charge >= 0.3 is 19.8 Å². The summed E-state index contributed by atoms with van der Waals surface area (Å²) in [6, 6.07) is -1.44. The molecule has 210 valence electrons. The van der Waals surface area contributed by atoms with Crippen molar-refractivity contribution in [1.82, 2.24) is 0 Å². The van der Waals surface area contributed by atoms with E-state index >= 15 is 0 Å². The average molecular weight is 551 g/mol. The molecule has 0 amide bonds. The number of carbonyl (C=O) groups excluding carboxylic acids is 1. The van der Waals surface area contributed by atoms with Gasteiger partial charge in [-0.05, 0) is 6.42 Å². The first-order chi connectivity index (χ1) is 16.7. The van der Waals surface area contributed by atoms with Gasteiger partial charge in [0.15, 0.2) is 12.4 Å². The van der Waals surface area contributed by atoms with E-state index in [2.05, 4.69) is 4.52 Å². The summed E-state index contributed by atoms with van der Waals surface area (Å²) in [5.41, 5.74) is 5.33. The summed E-state index contributed by atoms with van der Waals surface area (Å²) in [4.78, 5) is 41.6. The fraction of sp³-hybridized carbons (Fsp3) is 0.882. The molecule has 2 aliphatic heterocycles. The van der Waals surface area contributed by atoms with Crippen LogP contribution in [0.1, 0.15) is 12.8 Å². The molecular formula is C17H30NO17P. The molecule has 0 aromatic rings. The van der Waals surface area contributed by atoms with Crippen molar-refractivity contribution in [1.29, 1.82) is 0 Å². The van der Waals surface area contributed by atoms with Crippen LogP contribution in [0.25, 0.3) is 0 Å². The molecule has 18 nitrogen and oxygen atoms in total. The number of hydrogen-bond donors (Lipinski definition) is 10. The summed E-state index contributed by atoms with van der Waals surface area (Å²) in [5.74, 6) is -5.29. The van der Waals surface area contributed by atoms with Gasteiger partial charge in [0.05, 0.1) is 13.2 Å². The summed E-state index contributed by atoms with van der Waals surface area (Å²) in [7, 11) is -5.27. The highest BCUT2D eigenvalue weighted by Crippen LogP contribution is 2.43. The van der Waals surface area contributed by atoms with Crippen LogP contribution in [0.4, 0.5) is 0 Å². The van der Waals surface area contributed by atoms with Crippen molar-refractivity contribution in [3.8, 4) is 0 Å². The van der Waals surface area contributed by atoms with Crippen molar-refractivity contribution >= 4 is 19.8 Å². The van der Waals surface area contributed by atoms with E-state index in [1.54, 1.807) is 0 Å².